The van der Waals surface area contributed by atoms with Crippen LogP contribution < -0.4 is 4.89 Å². The molecule has 0 aromatic heterocycles. The van der Waals surface area contributed by atoms with Gasteiger partial charge in [-0.3, -0.25) is 14.2 Å². The lowest BCUT2D eigenvalue weighted by Gasteiger charge is -2.28. The molecule has 0 aromatic rings. The molecule has 0 bridgehead atoms. The molecule has 0 fully saturated rings. The lowest BCUT2D eigenvalue weighted by Crippen LogP contribution is -2.37. The van der Waals surface area contributed by atoms with Gasteiger partial charge in [0.2, 0.25) is 0 Å². The maximum atomic E-state index is 12.9. The van der Waals surface area contributed by atoms with Gasteiger partial charge in [0.25, 0.3) is 7.82 Å². The quantitative estimate of drug-likeness (QED) is 0.0195. The molecule has 0 amide bonds. The minimum atomic E-state index is -4.64. The molecule has 0 N–H and O–H groups in total. The minimum absolute atomic E-state index is 0.0290. The zero-order valence-corrected chi connectivity index (χ0v) is 61.2. The third-order valence-corrected chi connectivity index (χ3v) is 18.5. The van der Waals surface area contributed by atoms with E-state index in [2.05, 4.69) is 74.6 Å². The van der Waals surface area contributed by atoms with Gasteiger partial charge in [0.15, 0.2) is 6.10 Å². The average molecular weight is 1290 g/mol. The van der Waals surface area contributed by atoms with Crippen LogP contribution in [-0.4, -0.2) is 70.0 Å². The topological polar surface area (TPSA) is 111 Å². The standard InChI is InChI=1S/C80H150NO8P/c1-6-8-10-12-14-16-18-20-22-24-26-28-30-32-34-36-38-40-42-44-46-48-50-52-54-56-58-60-62-64-66-68-70-72-79(82)86-76-78(77-88-90(84,85)87-75-74-81(3,4)5)89-80(83)73-71-69-67-65-63-61-59-57-55-53-51-49-47-45-43-41-39-37-35-33-31-29-27-25-23-21-19-17-15-13-11-9-7-2/h9,11,15,17,21,23,27,29,33,35,78H,6-8,10,12-14,16,18-20,22,24-26,28,30-32,34,36-77H2,1-5H3/b11-9-,17-15-,23-21-,29-27-,35-33-. The molecule has 528 valence electrons. The Hall–Kier alpha value is -2.29. The van der Waals surface area contributed by atoms with Crippen LogP contribution >= 0.6 is 7.82 Å². The summed E-state index contributed by atoms with van der Waals surface area (Å²) in [4.78, 5) is 38.2. The van der Waals surface area contributed by atoms with Crippen LogP contribution in [0.4, 0.5) is 0 Å². The second-order valence-corrected chi connectivity index (χ2v) is 29.1. The minimum Gasteiger partial charge on any atom is -0.756 e. The zero-order valence-electron chi connectivity index (χ0n) is 60.4. The first-order chi connectivity index (χ1) is 44.0. The van der Waals surface area contributed by atoms with E-state index < -0.39 is 26.5 Å². The lowest BCUT2D eigenvalue weighted by molar-refractivity contribution is -0.870. The summed E-state index contributed by atoms with van der Waals surface area (Å²) in [6.07, 6.45) is 94.8. The van der Waals surface area contributed by atoms with Gasteiger partial charge in [-0.15, -0.1) is 0 Å². The van der Waals surface area contributed by atoms with Crippen molar-refractivity contribution in [2.24, 2.45) is 0 Å². The largest absolute Gasteiger partial charge is 0.756 e. The van der Waals surface area contributed by atoms with Crippen LogP contribution in [0.5, 0.6) is 0 Å². The first-order valence-electron chi connectivity index (χ1n) is 39.0. The van der Waals surface area contributed by atoms with E-state index in [1.165, 1.54) is 283 Å². The first kappa shape index (κ1) is 87.7. The number of rotatable bonds is 73. The molecule has 10 heteroatoms. The van der Waals surface area contributed by atoms with Crippen molar-refractivity contribution in [2.45, 2.75) is 392 Å². The summed E-state index contributed by atoms with van der Waals surface area (Å²) in [6, 6.07) is 0. The number of unbranched alkanes of at least 4 members (excludes halogenated alkanes) is 49. The van der Waals surface area contributed by atoms with Crippen LogP contribution in [0.15, 0.2) is 60.8 Å². The number of likely N-dealkylation sites (N-methyl/N-ethyl adjacent to an activating group) is 1. The number of hydrogen-bond acceptors (Lipinski definition) is 8. The Balaban J connectivity index is 3.94. The molecule has 90 heavy (non-hydrogen) atoms. The monoisotopic (exact) mass is 1280 g/mol. The summed E-state index contributed by atoms with van der Waals surface area (Å²) in [5.41, 5.74) is 0. The highest BCUT2D eigenvalue weighted by atomic mass is 31.2. The molecule has 0 aliphatic heterocycles. The molecule has 0 aromatic carbocycles. The maximum Gasteiger partial charge on any atom is 0.306 e. The number of ether oxygens (including phenoxy) is 2. The normalized spacial score (nSPS) is 13.4. The van der Waals surface area contributed by atoms with Crippen LogP contribution in [-0.2, 0) is 32.7 Å². The molecule has 0 saturated heterocycles. The van der Waals surface area contributed by atoms with Crippen LogP contribution in [0.25, 0.3) is 0 Å². The van der Waals surface area contributed by atoms with E-state index in [9.17, 15) is 19.0 Å². The Morgan fingerprint density at radius 1 is 0.356 bits per heavy atom. The molecule has 0 spiro atoms. The van der Waals surface area contributed by atoms with Gasteiger partial charge in [0, 0.05) is 12.8 Å². The smallest absolute Gasteiger partial charge is 0.306 e. The van der Waals surface area contributed by atoms with Gasteiger partial charge >= 0.3 is 11.9 Å². The predicted octanol–water partition coefficient (Wildman–Crippen LogP) is 25.1. The number of esters is 2. The molecule has 0 aliphatic carbocycles. The van der Waals surface area contributed by atoms with Crippen molar-refractivity contribution < 1.29 is 42.1 Å². The van der Waals surface area contributed by atoms with Gasteiger partial charge in [0.05, 0.1) is 27.7 Å². The Morgan fingerprint density at radius 2 is 0.633 bits per heavy atom. The van der Waals surface area contributed by atoms with E-state index in [-0.39, 0.29) is 32.0 Å². The van der Waals surface area contributed by atoms with Crippen molar-refractivity contribution in [3.05, 3.63) is 60.8 Å². The number of allylic oxidation sites excluding steroid dienone is 10. The molecule has 2 atom stereocenters. The number of phosphoric acid groups is 1. The second-order valence-electron chi connectivity index (χ2n) is 27.7. The fourth-order valence-electron chi connectivity index (χ4n) is 11.6. The van der Waals surface area contributed by atoms with Crippen LogP contribution in [0.1, 0.15) is 386 Å². The van der Waals surface area contributed by atoms with Gasteiger partial charge in [-0.25, -0.2) is 0 Å². The molecular weight excluding hydrogens is 1130 g/mol. The highest BCUT2D eigenvalue weighted by Crippen LogP contribution is 2.38. The number of phosphoric ester groups is 1. The molecule has 0 radical (unpaired) electrons. The predicted molar refractivity (Wildman–Crippen MR) is 388 cm³/mol. The van der Waals surface area contributed by atoms with E-state index in [1.54, 1.807) is 0 Å². The van der Waals surface area contributed by atoms with E-state index in [1.807, 2.05) is 21.1 Å². The molecule has 0 aliphatic rings. The number of quaternary nitrogens is 1. The summed E-state index contributed by atoms with van der Waals surface area (Å²) >= 11 is 0. The second kappa shape index (κ2) is 71.0. The molecule has 0 heterocycles. The third-order valence-electron chi connectivity index (χ3n) is 17.6. The lowest BCUT2D eigenvalue weighted by atomic mass is 10.0. The average Bonchev–Trinajstić information content (AvgIpc) is 3.58. The summed E-state index contributed by atoms with van der Waals surface area (Å²) in [7, 11) is 1.18. The van der Waals surface area contributed by atoms with Crippen molar-refractivity contribution in [2.75, 3.05) is 47.5 Å². The van der Waals surface area contributed by atoms with Crippen LogP contribution in [0, 0.1) is 0 Å². The number of carbonyl (C=O) groups excluding carboxylic acids is 2. The van der Waals surface area contributed by atoms with E-state index >= 15 is 0 Å². The zero-order chi connectivity index (χ0) is 65.5. The Bertz CT molecular complexity index is 1700. The van der Waals surface area contributed by atoms with Gasteiger partial charge in [-0.05, 0) is 57.8 Å². The fraction of sp³-hybridized carbons (Fsp3) is 0.850. The number of carbonyl (C=O) groups is 2. The summed E-state index contributed by atoms with van der Waals surface area (Å²) in [6.45, 7) is 4.20. The molecule has 9 nitrogen and oxygen atoms in total. The maximum absolute atomic E-state index is 12.9. The third kappa shape index (κ3) is 74.7. The first-order valence-corrected chi connectivity index (χ1v) is 40.5. The summed E-state index contributed by atoms with van der Waals surface area (Å²) < 4.78 is 34.4. The van der Waals surface area contributed by atoms with E-state index in [0.717, 1.165) is 70.6 Å². The summed E-state index contributed by atoms with van der Waals surface area (Å²) in [5.74, 6) is -0.812. The SMILES string of the molecule is CC/C=C\C/C=C\C/C=C\C/C=C\C/C=C\CCCCCCCCCCCCCCCCCCCC(=O)OC(COC(=O)CCCCCCCCCCCCCCCCCCCCCCCCCCCCCCCCCCC)COP(=O)([O-])OCC[N+](C)(C)C. The Labute approximate surface area is 559 Å². The number of nitrogens with zero attached hydrogens (tertiary/aromatic N) is 1. The Morgan fingerprint density at radius 3 is 0.944 bits per heavy atom. The van der Waals surface area contributed by atoms with Gasteiger partial charge in [0.1, 0.15) is 19.8 Å². The molecular formula is C80H150NO8P. The molecule has 0 saturated carbocycles. The highest BCUT2D eigenvalue weighted by Gasteiger charge is 2.22. The van der Waals surface area contributed by atoms with E-state index in [0.29, 0.717) is 17.4 Å². The number of hydrogen-bond donors (Lipinski definition) is 0. The van der Waals surface area contributed by atoms with Crippen molar-refractivity contribution in [3.63, 3.8) is 0 Å². The van der Waals surface area contributed by atoms with Gasteiger partial charge in [-0.2, -0.15) is 0 Å². The molecule has 0 rings (SSSR count). The highest BCUT2D eigenvalue weighted by molar-refractivity contribution is 7.45. The summed E-state index contributed by atoms with van der Waals surface area (Å²) in [5, 5.41) is 0. The van der Waals surface area contributed by atoms with Gasteiger partial charge in [-0.1, -0.05) is 376 Å². The van der Waals surface area contributed by atoms with Crippen molar-refractivity contribution in [3.8, 4) is 0 Å². The van der Waals surface area contributed by atoms with Gasteiger partial charge < -0.3 is 27.9 Å². The van der Waals surface area contributed by atoms with Crippen LogP contribution in [0.3, 0.4) is 0 Å². The van der Waals surface area contributed by atoms with Crippen molar-refractivity contribution in [1.29, 1.82) is 0 Å². The van der Waals surface area contributed by atoms with E-state index in [4.69, 9.17) is 18.5 Å². The van der Waals surface area contributed by atoms with Crippen molar-refractivity contribution >= 4 is 19.8 Å². The Kier molecular flexibility index (Phi) is 69.2. The van der Waals surface area contributed by atoms with Crippen molar-refractivity contribution in [1.82, 2.24) is 0 Å². The fourth-order valence-corrected chi connectivity index (χ4v) is 12.4. The van der Waals surface area contributed by atoms with Crippen LogP contribution in [0.2, 0.25) is 0 Å². The molecule has 2 unspecified atom stereocenters.